The number of allylic oxidation sites excluding steroid dienone is 1. The van der Waals surface area contributed by atoms with Crippen LogP contribution in [0, 0.1) is 11.7 Å². The molecule has 1 aromatic carbocycles. The quantitative estimate of drug-likeness (QED) is 0.817. The second-order valence-corrected chi connectivity index (χ2v) is 6.12. The van der Waals surface area contributed by atoms with Crippen molar-refractivity contribution in [2.75, 3.05) is 6.54 Å². The number of benzene rings is 1. The van der Waals surface area contributed by atoms with Gasteiger partial charge in [0.15, 0.2) is 0 Å². The van der Waals surface area contributed by atoms with Crippen LogP contribution in [0.5, 0.6) is 0 Å². The number of carbonyl (C=O) groups is 1. The lowest BCUT2D eigenvalue weighted by Crippen LogP contribution is -2.26. The Hall–Kier alpha value is -1.64. The second-order valence-electron chi connectivity index (χ2n) is 6.12. The Bertz CT molecular complexity index is 552. The highest BCUT2D eigenvalue weighted by atomic mass is 19.1. The van der Waals surface area contributed by atoms with Gasteiger partial charge in [0.25, 0.3) is 0 Å². The summed E-state index contributed by atoms with van der Waals surface area (Å²) in [7, 11) is 0. The van der Waals surface area contributed by atoms with Crippen molar-refractivity contribution in [1.29, 1.82) is 0 Å². The molecular formula is C18H22FNO. The first-order valence-corrected chi connectivity index (χ1v) is 7.96. The first-order valence-electron chi connectivity index (χ1n) is 7.96. The van der Waals surface area contributed by atoms with Gasteiger partial charge in [0.05, 0.1) is 0 Å². The monoisotopic (exact) mass is 287 g/mol. The molecule has 2 aliphatic rings. The van der Waals surface area contributed by atoms with E-state index in [0.29, 0.717) is 12.1 Å². The van der Waals surface area contributed by atoms with Crippen LogP contribution in [0.2, 0.25) is 0 Å². The Balaban J connectivity index is 1.45. The maximum Gasteiger partial charge on any atom is 0.223 e. The predicted molar refractivity (Wildman–Crippen MR) is 81.4 cm³/mol. The summed E-state index contributed by atoms with van der Waals surface area (Å²) in [5.74, 6) is -0.0767. The molecule has 21 heavy (non-hydrogen) atoms. The summed E-state index contributed by atoms with van der Waals surface area (Å²) >= 11 is 0. The van der Waals surface area contributed by atoms with Gasteiger partial charge in [0, 0.05) is 12.5 Å². The molecule has 112 valence electrons. The summed E-state index contributed by atoms with van der Waals surface area (Å²) < 4.78 is 13.7. The molecule has 1 amide bonds. The normalized spacial score (nSPS) is 24.3. The van der Waals surface area contributed by atoms with E-state index in [4.69, 9.17) is 0 Å². The molecule has 3 heteroatoms. The molecule has 0 aliphatic heterocycles. The highest BCUT2D eigenvalue weighted by molar-refractivity contribution is 5.82. The van der Waals surface area contributed by atoms with Gasteiger partial charge in [-0.25, -0.2) is 4.39 Å². The van der Waals surface area contributed by atoms with E-state index in [-0.39, 0.29) is 23.6 Å². The van der Waals surface area contributed by atoms with E-state index < -0.39 is 0 Å². The lowest BCUT2D eigenvalue weighted by atomic mass is 9.97. The summed E-state index contributed by atoms with van der Waals surface area (Å²) in [4.78, 5) is 12.1. The topological polar surface area (TPSA) is 29.1 Å². The summed E-state index contributed by atoms with van der Waals surface area (Å²) in [5.41, 5.74) is 2.16. The molecule has 0 heterocycles. The number of carbonyl (C=O) groups excluding carboxylic acids is 1. The van der Waals surface area contributed by atoms with Crippen LogP contribution in [-0.4, -0.2) is 12.5 Å². The van der Waals surface area contributed by atoms with E-state index in [1.165, 1.54) is 37.3 Å². The van der Waals surface area contributed by atoms with Crippen molar-refractivity contribution in [3.63, 3.8) is 0 Å². The molecule has 0 bridgehead atoms. The first kappa shape index (κ1) is 14.3. The van der Waals surface area contributed by atoms with Crippen LogP contribution >= 0.6 is 0 Å². The van der Waals surface area contributed by atoms with E-state index in [0.717, 1.165) is 12.8 Å². The van der Waals surface area contributed by atoms with Crippen LogP contribution in [0.1, 0.15) is 50.0 Å². The largest absolute Gasteiger partial charge is 0.356 e. The van der Waals surface area contributed by atoms with Crippen molar-refractivity contribution in [3.8, 4) is 0 Å². The molecule has 1 N–H and O–H groups in total. The second kappa shape index (κ2) is 6.42. The van der Waals surface area contributed by atoms with Crippen LogP contribution in [0.3, 0.4) is 0 Å². The van der Waals surface area contributed by atoms with E-state index in [1.807, 2.05) is 6.07 Å². The standard InChI is InChI=1S/C18H22FNO/c19-17-9-5-4-8-14(17)15-12-16(15)18(21)20-11-10-13-6-2-1-3-7-13/h4-6,8-9,15-16H,1-3,7,10-12H2,(H,20,21). The maximum absolute atomic E-state index is 13.7. The van der Waals surface area contributed by atoms with Gasteiger partial charge in [0.1, 0.15) is 5.82 Å². The highest BCUT2D eigenvalue weighted by Gasteiger charge is 2.44. The van der Waals surface area contributed by atoms with Crippen LogP contribution in [0.15, 0.2) is 35.9 Å². The molecule has 1 aromatic rings. The zero-order valence-corrected chi connectivity index (χ0v) is 12.3. The average molecular weight is 287 g/mol. The molecule has 0 aromatic heterocycles. The third kappa shape index (κ3) is 3.52. The van der Waals surface area contributed by atoms with E-state index in [2.05, 4.69) is 11.4 Å². The molecule has 1 saturated carbocycles. The van der Waals surface area contributed by atoms with Gasteiger partial charge in [-0.2, -0.15) is 0 Å². The van der Waals surface area contributed by atoms with Crippen LogP contribution in [-0.2, 0) is 4.79 Å². The molecule has 3 rings (SSSR count). The van der Waals surface area contributed by atoms with Crippen molar-refractivity contribution >= 4 is 5.91 Å². The van der Waals surface area contributed by atoms with Gasteiger partial charge in [-0.05, 0) is 56.1 Å². The molecule has 2 nitrogen and oxygen atoms in total. The molecular weight excluding hydrogens is 265 g/mol. The Labute approximate surface area is 125 Å². The summed E-state index contributed by atoms with van der Waals surface area (Å²) in [6, 6.07) is 6.79. The summed E-state index contributed by atoms with van der Waals surface area (Å²) in [6.45, 7) is 0.713. The molecule has 2 aliphatic carbocycles. The van der Waals surface area contributed by atoms with Crippen molar-refractivity contribution in [2.45, 2.75) is 44.4 Å². The zero-order valence-electron chi connectivity index (χ0n) is 12.3. The highest BCUT2D eigenvalue weighted by Crippen LogP contribution is 2.48. The van der Waals surface area contributed by atoms with E-state index in [1.54, 1.807) is 12.1 Å². The lowest BCUT2D eigenvalue weighted by molar-refractivity contribution is -0.122. The number of halogens is 1. The Kier molecular flexibility index (Phi) is 4.37. The van der Waals surface area contributed by atoms with Gasteiger partial charge in [-0.1, -0.05) is 29.8 Å². The van der Waals surface area contributed by atoms with Gasteiger partial charge in [-0.15, -0.1) is 0 Å². The first-order chi connectivity index (χ1) is 10.3. The zero-order chi connectivity index (χ0) is 14.7. The minimum Gasteiger partial charge on any atom is -0.356 e. The van der Waals surface area contributed by atoms with Crippen molar-refractivity contribution in [1.82, 2.24) is 5.32 Å². The predicted octanol–water partition coefficient (Wildman–Crippen LogP) is 3.94. The maximum atomic E-state index is 13.7. The molecule has 1 fully saturated rings. The average Bonchev–Trinajstić information content (AvgIpc) is 3.29. The number of hydrogen-bond donors (Lipinski definition) is 1. The van der Waals surface area contributed by atoms with Gasteiger partial charge >= 0.3 is 0 Å². The van der Waals surface area contributed by atoms with Crippen molar-refractivity contribution in [2.24, 2.45) is 5.92 Å². The number of rotatable bonds is 5. The Morgan fingerprint density at radius 1 is 1.29 bits per heavy atom. The Morgan fingerprint density at radius 3 is 2.90 bits per heavy atom. The SMILES string of the molecule is O=C(NCCC1=CCCCC1)C1CC1c1ccccc1F. The fourth-order valence-corrected chi connectivity index (χ4v) is 3.21. The van der Waals surface area contributed by atoms with Crippen LogP contribution in [0.25, 0.3) is 0 Å². The molecule has 2 unspecified atom stereocenters. The number of hydrogen-bond acceptors (Lipinski definition) is 1. The third-order valence-corrected chi connectivity index (χ3v) is 4.56. The molecule has 0 radical (unpaired) electrons. The smallest absolute Gasteiger partial charge is 0.223 e. The fraction of sp³-hybridized carbons (Fsp3) is 0.500. The number of nitrogens with one attached hydrogen (secondary N) is 1. The van der Waals surface area contributed by atoms with Crippen molar-refractivity contribution in [3.05, 3.63) is 47.3 Å². The Morgan fingerprint density at radius 2 is 2.14 bits per heavy atom. The minimum atomic E-state index is -0.190. The van der Waals surface area contributed by atoms with Gasteiger partial charge < -0.3 is 5.32 Å². The van der Waals surface area contributed by atoms with Crippen LogP contribution < -0.4 is 5.32 Å². The number of amides is 1. The van der Waals surface area contributed by atoms with Crippen molar-refractivity contribution < 1.29 is 9.18 Å². The van der Waals surface area contributed by atoms with Crippen LogP contribution in [0.4, 0.5) is 4.39 Å². The fourth-order valence-electron chi connectivity index (χ4n) is 3.21. The molecule has 2 atom stereocenters. The molecule has 0 saturated heterocycles. The summed E-state index contributed by atoms with van der Waals surface area (Å²) in [5, 5.41) is 3.01. The summed E-state index contributed by atoms with van der Waals surface area (Å²) in [6.07, 6.45) is 8.98. The van der Waals surface area contributed by atoms with E-state index >= 15 is 0 Å². The molecule has 0 spiro atoms. The van der Waals surface area contributed by atoms with Gasteiger partial charge in [0.2, 0.25) is 5.91 Å². The van der Waals surface area contributed by atoms with Gasteiger partial charge in [-0.3, -0.25) is 4.79 Å². The lowest BCUT2D eigenvalue weighted by Gasteiger charge is -2.13. The minimum absolute atomic E-state index is 0.0396. The van der Waals surface area contributed by atoms with E-state index in [9.17, 15) is 9.18 Å². The third-order valence-electron chi connectivity index (χ3n) is 4.56.